The quantitative estimate of drug-likeness (QED) is 0.532. The molecular formula is C27H24F2N4O3. The molecule has 4 rings (SSSR count). The van der Waals surface area contributed by atoms with E-state index in [0.717, 1.165) is 12.1 Å². The minimum absolute atomic E-state index is 0.116. The van der Waals surface area contributed by atoms with Crippen LogP contribution in [-0.2, 0) is 20.8 Å². The molecule has 0 aromatic heterocycles. The highest BCUT2D eigenvalue weighted by molar-refractivity contribution is 6.20. The number of benzodiazepines with no additional fused rings is 1. The Morgan fingerprint density at radius 2 is 1.72 bits per heavy atom. The maximum atomic E-state index is 13.6. The van der Waals surface area contributed by atoms with E-state index in [4.69, 9.17) is 5.73 Å². The van der Waals surface area contributed by atoms with E-state index in [1.54, 1.807) is 31.2 Å². The molecule has 0 saturated carbocycles. The van der Waals surface area contributed by atoms with Gasteiger partial charge in [-0.05, 0) is 30.2 Å². The van der Waals surface area contributed by atoms with E-state index >= 15 is 0 Å². The van der Waals surface area contributed by atoms with E-state index in [-0.39, 0.29) is 6.42 Å². The number of anilines is 1. The van der Waals surface area contributed by atoms with Crippen LogP contribution < -0.4 is 16.0 Å². The van der Waals surface area contributed by atoms with Crippen molar-refractivity contribution in [1.82, 2.24) is 5.32 Å². The number of nitrogens with one attached hydrogen (secondary N) is 1. The summed E-state index contributed by atoms with van der Waals surface area (Å²) >= 11 is 0. The molecule has 9 heteroatoms. The molecule has 0 bridgehead atoms. The van der Waals surface area contributed by atoms with Crippen molar-refractivity contribution in [2.24, 2.45) is 16.6 Å². The van der Waals surface area contributed by atoms with Gasteiger partial charge in [0.05, 0.1) is 11.4 Å². The number of hydrogen-bond donors (Lipinski definition) is 2. The van der Waals surface area contributed by atoms with Crippen LogP contribution in [0.25, 0.3) is 0 Å². The summed E-state index contributed by atoms with van der Waals surface area (Å²) in [6.07, 6.45) is -1.23. The molecule has 3 N–H and O–H groups in total. The number of halogens is 2. The number of rotatable bonds is 7. The fraction of sp³-hybridized carbons (Fsp3) is 0.185. The van der Waals surface area contributed by atoms with Gasteiger partial charge in [0.2, 0.25) is 18.0 Å². The van der Waals surface area contributed by atoms with Gasteiger partial charge in [-0.15, -0.1) is 0 Å². The Balaban J connectivity index is 1.68. The highest BCUT2D eigenvalue weighted by Crippen LogP contribution is 2.28. The first-order chi connectivity index (χ1) is 17.2. The minimum Gasteiger partial charge on any atom is -0.368 e. The van der Waals surface area contributed by atoms with Gasteiger partial charge in [-0.3, -0.25) is 19.3 Å². The van der Waals surface area contributed by atoms with Crippen LogP contribution in [0.4, 0.5) is 14.5 Å². The Morgan fingerprint density at radius 3 is 2.42 bits per heavy atom. The number of aliphatic imine (C=N–C) groups is 1. The lowest BCUT2D eigenvalue weighted by molar-refractivity contribution is -0.129. The van der Waals surface area contributed by atoms with Gasteiger partial charge in [0.15, 0.2) is 11.6 Å². The van der Waals surface area contributed by atoms with Gasteiger partial charge in [-0.2, -0.15) is 0 Å². The predicted octanol–water partition coefficient (Wildman–Crippen LogP) is 2.96. The first-order valence-electron chi connectivity index (χ1n) is 11.3. The number of nitrogens with two attached hydrogens (primary N) is 1. The SMILES string of the molecule is C[C@@H](Cc1ccc(F)c(F)c1)C(=O)NC1N=C(c2ccccc2)c2ccccc2N(CC(N)=O)C1=O. The van der Waals surface area contributed by atoms with Crippen LogP contribution in [0.5, 0.6) is 0 Å². The fourth-order valence-corrected chi connectivity index (χ4v) is 4.06. The maximum Gasteiger partial charge on any atom is 0.272 e. The molecule has 0 aliphatic carbocycles. The van der Waals surface area contributed by atoms with Crippen LogP contribution in [0, 0.1) is 17.6 Å². The average molecular weight is 491 g/mol. The third-order valence-electron chi connectivity index (χ3n) is 5.82. The monoisotopic (exact) mass is 490 g/mol. The second-order valence-corrected chi connectivity index (χ2v) is 8.52. The van der Waals surface area contributed by atoms with Crippen LogP contribution >= 0.6 is 0 Å². The predicted molar refractivity (Wildman–Crippen MR) is 131 cm³/mol. The molecule has 2 atom stereocenters. The van der Waals surface area contributed by atoms with Crippen LogP contribution in [0.1, 0.15) is 23.6 Å². The van der Waals surface area contributed by atoms with Gasteiger partial charge in [0.1, 0.15) is 6.54 Å². The molecule has 0 fully saturated rings. The van der Waals surface area contributed by atoms with Crippen molar-refractivity contribution < 1.29 is 23.2 Å². The van der Waals surface area contributed by atoms with Crippen LogP contribution in [0.3, 0.4) is 0 Å². The molecule has 3 aromatic carbocycles. The zero-order chi connectivity index (χ0) is 25.8. The second kappa shape index (κ2) is 10.5. The fourth-order valence-electron chi connectivity index (χ4n) is 4.06. The minimum atomic E-state index is -1.34. The standard InChI is InChI=1S/C27H24F2N4O3/c1-16(13-17-11-12-20(28)21(29)14-17)26(35)32-25-27(36)33(15-23(30)34)22-10-6-5-9-19(22)24(31-25)18-7-3-2-4-8-18/h2-12,14,16,25H,13,15H2,1H3,(H2,30,34)(H,32,35)/t16-,25?/m0/s1. The first-order valence-corrected chi connectivity index (χ1v) is 11.3. The third kappa shape index (κ3) is 5.30. The van der Waals surface area contributed by atoms with Gasteiger partial charge in [0.25, 0.3) is 5.91 Å². The summed E-state index contributed by atoms with van der Waals surface area (Å²) in [4.78, 5) is 44.2. The van der Waals surface area contributed by atoms with Crippen molar-refractivity contribution >= 4 is 29.1 Å². The number of para-hydroxylation sites is 1. The molecule has 3 amide bonds. The molecule has 3 aromatic rings. The number of carbonyl (C=O) groups excluding carboxylic acids is 3. The lowest BCUT2D eigenvalue weighted by Crippen LogP contribution is -2.50. The van der Waals surface area contributed by atoms with Gasteiger partial charge in [-0.1, -0.05) is 61.5 Å². The molecule has 1 unspecified atom stereocenters. The zero-order valence-corrected chi connectivity index (χ0v) is 19.4. The number of nitrogens with zero attached hydrogens (tertiary/aromatic N) is 2. The lowest BCUT2D eigenvalue weighted by Gasteiger charge is -2.24. The lowest BCUT2D eigenvalue weighted by atomic mass is 10.00. The first kappa shape index (κ1) is 24.7. The molecule has 1 heterocycles. The van der Waals surface area contributed by atoms with Crippen LogP contribution in [-0.4, -0.2) is 36.1 Å². The van der Waals surface area contributed by atoms with E-state index in [2.05, 4.69) is 10.3 Å². The van der Waals surface area contributed by atoms with E-state index < -0.39 is 48.0 Å². The molecule has 7 nitrogen and oxygen atoms in total. The number of primary amides is 1. The van der Waals surface area contributed by atoms with Crippen molar-refractivity contribution in [2.75, 3.05) is 11.4 Å². The maximum absolute atomic E-state index is 13.6. The smallest absolute Gasteiger partial charge is 0.272 e. The van der Waals surface area contributed by atoms with Crippen molar-refractivity contribution in [3.05, 3.63) is 101 Å². The summed E-state index contributed by atoms with van der Waals surface area (Å²) in [5.41, 5.74) is 8.08. The average Bonchev–Trinajstić information content (AvgIpc) is 2.97. The molecule has 1 aliphatic heterocycles. The van der Waals surface area contributed by atoms with E-state index in [1.165, 1.54) is 11.0 Å². The summed E-state index contributed by atoms with van der Waals surface area (Å²) < 4.78 is 26.9. The van der Waals surface area contributed by atoms with Crippen molar-refractivity contribution in [1.29, 1.82) is 0 Å². The van der Waals surface area contributed by atoms with E-state index in [0.29, 0.717) is 28.1 Å². The molecule has 36 heavy (non-hydrogen) atoms. The second-order valence-electron chi connectivity index (χ2n) is 8.52. The number of benzene rings is 3. The van der Waals surface area contributed by atoms with Crippen molar-refractivity contribution in [3.8, 4) is 0 Å². The summed E-state index contributed by atoms with van der Waals surface area (Å²) in [6.45, 7) is 1.21. The number of carbonyl (C=O) groups is 3. The Hall–Kier alpha value is -4.40. The Bertz CT molecular complexity index is 1340. The molecule has 1 aliphatic rings. The summed E-state index contributed by atoms with van der Waals surface area (Å²) in [7, 11) is 0. The Labute approximate surface area is 206 Å². The van der Waals surface area contributed by atoms with Crippen LogP contribution in [0.2, 0.25) is 0 Å². The largest absolute Gasteiger partial charge is 0.368 e. The Morgan fingerprint density at radius 1 is 1.03 bits per heavy atom. The topological polar surface area (TPSA) is 105 Å². The van der Waals surface area contributed by atoms with Gasteiger partial charge in [0, 0.05) is 17.0 Å². The number of amides is 3. The summed E-state index contributed by atoms with van der Waals surface area (Å²) in [5, 5.41) is 2.65. The number of hydrogen-bond acceptors (Lipinski definition) is 4. The van der Waals surface area contributed by atoms with Crippen molar-refractivity contribution in [2.45, 2.75) is 19.5 Å². The van der Waals surface area contributed by atoms with Gasteiger partial charge >= 0.3 is 0 Å². The van der Waals surface area contributed by atoms with Gasteiger partial charge < -0.3 is 11.1 Å². The highest BCUT2D eigenvalue weighted by atomic mass is 19.2. The van der Waals surface area contributed by atoms with Crippen molar-refractivity contribution in [3.63, 3.8) is 0 Å². The van der Waals surface area contributed by atoms with Gasteiger partial charge in [-0.25, -0.2) is 13.8 Å². The van der Waals surface area contributed by atoms with E-state index in [1.807, 2.05) is 30.3 Å². The zero-order valence-electron chi connectivity index (χ0n) is 19.4. The molecule has 0 radical (unpaired) electrons. The number of fused-ring (bicyclic) bond motifs is 1. The summed E-state index contributed by atoms with van der Waals surface area (Å²) in [5.74, 6) is -4.53. The molecule has 0 spiro atoms. The van der Waals surface area contributed by atoms with Crippen LogP contribution in [0.15, 0.2) is 77.8 Å². The normalized spacial score (nSPS) is 16.0. The third-order valence-corrected chi connectivity index (χ3v) is 5.82. The highest BCUT2D eigenvalue weighted by Gasteiger charge is 2.34. The molecular weight excluding hydrogens is 466 g/mol. The van der Waals surface area contributed by atoms with E-state index in [9.17, 15) is 23.2 Å². The molecule has 184 valence electrons. The summed E-state index contributed by atoms with van der Waals surface area (Å²) in [6, 6.07) is 19.6. The Kier molecular flexibility index (Phi) is 7.19. The molecule has 0 saturated heterocycles.